The number of hydrogen-bond donors (Lipinski definition) is 0. The van der Waals surface area contributed by atoms with Gasteiger partial charge in [-0.25, -0.2) is 10.0 Å². The van der Waals surface area contributed by atoms with Crippen LogP contribution < -0.4 is 10.6 Å². The van der Waals surface area contributed by atoms with E-state index in [4.69, 9.17) is 6.66 Å². The van der Waals surface area contributed by atoms with Gasteiger partial charge in [0, 0.05) is 39.2 Å². The number of unbranched alkanes of at least 4 members (excludes halogenated alkanes) is 1. The van der Waals surface area contributed by atoms with Gasteiger partial charge in [-0.1, -0.05) is 183 Å². The van der Waals surface area contributed by atoms with Gasteiger partial charge >= 0.3 is 0 Å². The normalized spacial score (nSPS) is 17.8. The van der Waals surface area contributed by atoms with Crippen molar-refractivity contribution < 1.29 is 0 Å². The Morgan fingerprint density at radius 1 is 0.520 bits per heavy atom. The van der Waals surface area contributed by atoms with Crippen molar-refractivity contribution in [3.63, 3.8) is 0 Å². The van der Waals surface area contributed by atoms with Gasteiger partial charge in [-0.3, -0.25) is 0 Å². The van der Waals surface area contributed by atoms with E-state index in [1.807, 2.05) is 0 Å². The van der Waals surface area contributed by atoms with E-state index in [1.165, 1.54) is 44.0 Å². The Labute approximate surface area is 301 Å². The van der Waals surface area contributed by atoms with Gasteiger partial charge in [0.25, 0.3) is 0 Å². The summed E-state index contributed by atoms with van der Waals surface area (Å²) in [4.78, 5) is 0. The fourth-order valence-electron chi connectivity index (χ4n) is 7.53. The van der Waals surface area contributed by atoms with Crippen molar-refractivity contribution in [2.45, 2.75) is 31.3 Å². The van der Waals surface area contributed by atoms with Crippen LogP contribution >= 0.6 is 15.5 Å². The highest BCUT2D eigenvalue weighted by atomic mass is 31.2. The second-order valence-electron chi connectivity index (χ2n) is 13.2. The summed E-state index contributed by atoms with van der Waals surface area (Å²) >= 11 is 0. The Hall–Kier alpha value is -3.94. The van der Waals surface area contributed by atoms with Crippen LogP contribution in [0.5, 0.6) is 0 Å². The maximum Gasteiger partial charge on any atom is 0.150 e. The van der Waals surface area contributed by atoms with Gasteiger partial charge in [0.1, 0.15) is 0 Å². The molecule has 2 atom stereocenters. The lowest BCUT2D eigenvalue weighted by Crippen LogP contribution is -2.32. The van der Waals surface area contributed by atoms with Crippen molar-refractivity contribution >= 4 is 26.1 Å². The molecule has 6 aromatic rings. The van der Waals surface area contributed by atoms with E-state index in [9.17, 15) is 0 Å². The van der Waals surface area contributed by atoms with Crippen molar-refractivity contribution in [1.29, 1.82) is 0 Å². The fraction of sp³-hybridized carbons (Fsp3) is 0.178. The van der Waals surface area contributed by atoms with Crippen molar-refractivity contribution in [2.24, 2.45) is 0 Å². The number of hydrazine groups is 1. The average Bonchev–Trinajstić information content (AvgIpc) is 3.38. The zero-order chi connectivity index (χ0) is 34.5. The minimum Gasteiger partial charge on any atom is -0.201 e. The first-order valence-corrected chi connectivity index (χ1v) is 21.0. The number of benzene rings is 6. The third kappa shape index (κ3) is 6.74. The molecule has 3 nitrogen and oxygen atoms in total. The third-order valence-electron chi connectivity index (χ3n) is 10.1. The van der Waals surface area contributed by atoms with E-state index < -0.39 is 15.5 Å². The Kier molecular flexibility index (Phi) is 10.7. The molecule has 0 spiro atoms. The zero-order valence-electron chi connectivity index (χ0n) is 29.4. The molecule has 0 saturated carbocycles. The maximum absolute atomic E-state index is 5.51. The summed E-state index contributed by atoms with van der Waals surface area (Å²) in [5.41, 5.74) is 7.64. The second-order valence-corrected chi connectivity index (χ2v) is 18.9. The van der Waals surface area contributed by atoms with Crippen molar-refractivity contribution in [2.75, 3.05) is 20.6 Å². The highest BCUT2D eigenvalue weighted by molar-refractivity contribution is 7.87. The van der Waals surface area contributed by atoms with Crippen LogP contribution in [0.2, 0.25) is 0 Å². The third-order valence-corrected chi connectivity index (χ3v) is 17.8. The van der Waals surface area contributed by atoms with Crippen LogP contribution in [-0.2, 0) is 0 Å². The molecule has 0 radical (unpaired) electrons. The first-order valence-electron chi connectivity index (χ1n) is 17.7. The first-order chi connectivity index (χ1) is 24.5. The van der Waals surface area contributed by atoms with Crippen LogP contribution in [0.25, 0.3) is 22.3 Å². The van der Waals surface area contributed by atoms with Gasteiger partial charge in [0.05, 0.1) is 8.07 Å². The minimum atomic E-state index is -2.30. The van der Waals surface area contributed by atoms with E-state index in [2.05, 4.69) is 205 Å². The topological polar surface area (TPSA) is 9.72 Å². The summed E-state index contributed by atoms with van der Waals surface area (Å²) in [6.07, 6.45) is 2.23. The molecule has 50 heavy (non-hydrogen) atoms. The summed E-state index contributed by atoms with van der Waals surface area (Å²) in [6, 6.07) is 62.5. The van der Waals surface area contributed by atoms with Crippen molar-refractivity contribution in [3.05, 3.63) is 188 Å². The van der Waals surface area contributed by atoms with E-state index in [1.54, 1.807) is 0 Å². The molecule has 1 aliphatic heterocycles. The summed E-state index contributed by atoms with van der Waals surface area (Å²) in [5.74, 6) is 0.265. The van der Waals surface area contributed by atoms with E-state index in [-0.39, 0.29) is 11.6 Å². The average molecular weight is 692 g/mol. The Morgan fingerprint density at radius 2 is 0.860 bits per heavy atom. The quantitative estimate of drug-likeness (QED) is 0.0989. The van der Waals surface area contributed by atoms with Crippen molar-refractivity contribution in [1.82, 2.24) is 14.5 Å². The van der Waals surface area contributed by atoms with Crippen LogP contribution in [0, 0.1) is 6.66 Å². The SMILES string of the molecule is [CH2-][P+]1(N(CCCC)P(c2ccc(-c3ccccc3)cc2)c2ccc(-c3ccccc3)cc2)[C@H](c2ccccc2)N(C)N(C)[C@H]1c1ccccc1. The molecule has 0 aliphatic carbocycles. The van der Waals surface area contributed by atoms with Crippen LogP contribution in [0.15, 0.2) is 170 Å². The van der Waals surface area contributed by atoms with Crippen LogP contribution in [0.4, 0.5) is 0 Å². The summed E-state index contributed by atoms with van der Waals surface area (Å²) in [7, 11) is 1.28. The Balaban J connectivity index is 1.43. The molecule has 0 amide bonds. The van der Waals surface area contributed by atoms with Gasteiger partial charge < -0.3 is 0 Å². The Morgan fingerprint density at radius 3 is 1.22 bits per heavy atom. The van der Waals surface area contributed by atoms with Gasteiger partial charge in [-0.15, -0.1) is 0 Å². The summed E-state index contributed by atoms with van der Waals surface area (Å²) in [5, 5.41) is 7.69. The smallest absolute Gasteiger partial charge is 0.150 e. The van der Waals surface area contributed by atoms with Gasteiger partial charge in [-0.2, -0.15) is 11.1 Å². The first kappa shape index (κ1) is 34.5. The maximum atomic E-state index is 5.51. The number of nitrogens with zero attached hydrogens (tertiary/aromatic N) is 3. The van der Waals surface area contributed by atoms with Crippen molar-refractivity contribution in [3.8, 4) is 22.3 Å². The molecule has 252 valence electrons. The molecule has 5 heteroatoms. The lowest BCUT2D eigenvalue weighted by molar-refractivity contribution is 0.0252. The molecule has 0 N–H and O–H groups in total. The highest BCUT2D eigenvalue weighted by Gasteiger charge is 2.61. The molecule has 0 bridgehead atoms. The molecular formula is C45H47N3P2. The van der Waals surface area contributed by atoms with E-state index in [0.29, 0.717) is 0 Å². The van der Waals surface area contributed by atoms with E-state index >= 15 is 0 Å². The lowest BCUT2D eigenvalue weighted by atomic mass is 10.1. The van der Waals surface area contributed by atoms with E-state index in [0.717, 1.165) is 19.4 Å². The highest BCUT2D eigenvalue weighted by Crippen LogP contribution is 2.87. The standard InChI is InChI=1S/C45H47N3P2/c1-5-6-35-48(50(4)44(40-23-15-9-16-24-40)46(2)47(3)45(50)41-25-17-10-18-26-41)49(42-31-27-38(28-32-42)36-19-11-7-12-20-36)43-33-29-39(30-34-43)37-21-13-8-14-22-37/h7-34,44-45H,4-6,35H2,1-3H3/t44-,45-/m1/s1. The van der Waals surface area contributed by atoms with Crippen LogP contribution in [0.1, 0.15) is 42.5 Å². The monoisotopic (exact) mass is 691 g/mol. The molecule has 1 aliphatic rings. The number of hydrogen-bond acceptors (Lipinski definition) is 3. The summed E-state index contributed by atoms with van der Waals surface area (Å²) < 4.78 is 2.93. The molecule has 0 unspecified atom stereocenters. The zero-order valence-corrected chi connectivity index (χ0v) is 31.2. The molecular weight excluding hydrogens is 644 g/mol. The van der Waals surface area contributed by atoms with Crippen LogP contribution in [0.3, 0.4) is 0 Å². The lowest BCUT2D eigenvalue weighted by Gasteiger charge is -2.48. The second kappa shape index (κ2) is 15.5. The molecule has 1 heterocycles. The minimum absolute atomic E-state index is 0.132. The van der Waals surface area contributed by atoms with Gasteiger partial charge in [0.2, 0.25) is 0 Å². The van der Waals surface area contributed by atoms with Gasteiger partial charge in [0.15, 0.2) is 11.6 Å². The Bertz CT molecular complexity index is 1800. The predicted octanol–water partition coefficient (Wildman–Crippen LogP) is 11.4. The molecule has 1 saturated heterocycles. The molecule has 7 rings (SSSR count). The van der Waals surface area contributed by atoms with Gasteiger partial charge in [-0.05, 0) is 39.3 Å². The molecule has 1 fully saturated rings. The molecule has 0 aromatic heterocycles. The largest absolute Gasteiger partial charge is 0.201 e. The van der Waals surface area contributed by atoms with Crippen LogP contribution in [-0.4, -0.2) is 35.1 Å². The molecule has 6 aromatic carbocycles. The summed E-state index contributed by atoms with van der Waals surface area (Å²) in [6.45, 7) is 8.81. The predicted molar refractivity (Wildman–Crippen MR) is 218 cm³/mol. The number of rotatable bonds is 11. The fourth-order valence-corrected chi connectivity index (χ4v) is 16.2.